The molecule has 0 spiro atoms. The molecule has 0 saturated carbocycles. The number of pyridine rings is 1. The normalized spacial score (nSPS) is 11.2. The van der Waals surface area contributed by atoms with Crippen LogP contribution in [0.2, 0.25) is 0 Å². The highest BCUT2D eigenvalue weighted by Gasteiger charge is 2.20. The van der Waals surface area contributed by atoms with Gasteiger partial charge >= 0.3 is 0 Å². The number of aromatic nitrogens is 2. The molecule has 3 aromatic rings. The number of nitrogens with one attached hydrogen (secondary N) is 1. The fourth-order valence-electron chi connectivity index (χ4n) is 2.27. The summed E-state index contributed by atoms with van der Waals surface area (Å²) in [4.78, 5) is 21.0. The van der Waals surface area contributed by atoms with E-state index in [1.165, 1.54) is 17.4 Å². The molecule has 0 aliphatic carbocycles. The molecule has 3 rings (SSSR count). The van der Waals surface area contributed by atoms with Gasteiger partial charge in [0.05, 0.1) is 22.1 Å². The van der Waals surface area contributed by atoms with Crippen LogP contribution in [0.15, 0.2) is 46.8 Å². The van der Waals surface area contributed by atoms with Crippen LogP contribution < -0.4 is 11.1 Å². The Morgan fingerprint density at radius 2 is 1.93 bits per heavy atom. The summed E-state index contributed by atoms with van der Waals surface area (Å²) in [6.45, 7) is 1.70. The zero-order chi connectivity index (χ0) is 20.1. The third kappa shape index (κ3) is 4.29. The molecule has 0 aliphatic rings. The van der Waals surface area contributed by atoms with E-state index in [-0.39, 0.29) is 22.9 Å². The number of thioether (sulfide) groups is 1. The Balaban J connectivity index is 1.71. The summed E-state index contributed by atoms with van der Waals surface area (Å²) in [7, 11) is 0. The molecule has 0 radical (unpaired) electrons. The van der Waals surface area contributed by atoms with E-state index in [0.717, 1.165) is 23.0 Å². The highest BCUT2D eigenvalue weighted by Crippen LogP contribution is 2.29. The number of nitrogens with two attached hydrogens (primary N) is 1. The van der Waals surface area contributed by atoms with E-state index >= 15 is 0 Å². The van der Waals surface area contributed by atoms with Crippen molar-refractivity contribution >= 4 is 40.0 Å². The molecular weight excluding hydrogens is 392 g/mol. The Morgan fingerprint density at radius 3 is 2.61 bits per heavy atom. The molecule has 0 fully saturated rings. The minimum absolute atomic E-state index is 0.0315. The fraction of sp³-hybridized carbons (Fsp3) is 0.105. The second-order valence-electron chi connectivity index (χ2n) is 5.65. The first-order chi connectivity index (χ1) is 13.5. The Hall–Kier alpha value is -3.40. The Bertz CT molecular complexity index is 1100. The standard InChI is InChI=1S/C19H14N6OS2/c1-11(28-18-14(9-21)7-13(8-20)16(22)24-18)17(26)25-19-23-15(10-27-19)12-5-3-2-4-6-12/h2-7,10-11H,1H3,(H2,22,24)(H,23,25,26)/t11-/m1/s1. The number of hydrogen-bond acceptors (Lipinski definition) is 8. The topological polar surface area (TPSA) is 128 Å². The van der Waals surface area contributed by atoms with Crippen LogP contribution in [0.4, 0.5) is 10.9 Å². The first-order valence-corrected chi connectivity index (χ1v) is 9.87. The van der Waals surface area contributed by atoms with Crippen molar-refractivity contribution < 1.29 is 4.79 Å². The van der Waals surface area contributed by atoms with E-state index in [1.54, 1.807) is 6.92 Å². The summed E-state index contributed by atoms with van der Waals surface area (Å²) in [5.74, 6) is -0.239. The van der Waals surface area contributed by atoms with Gasteiger partial charge in [-0.3, -0.25) is 4.79 Å². The van der Waals surface area contributed by atoms with Crippen molar-refractivity contribution in [3.8, 4) is 23.4 Å². The number of benzene rings is 1. The third-order valence-corrected chi connectivity index (χ3v) is 5.58. The molecular formula is C19H14N6OS2. The van der Waals surface area contributed by atoms with Gasteiger partial charge in [-0.25, -0.2) is 9.97 Å². The van der Waals surface area contributed by atoms with Gasteiger partial charge in [-0.15, -0.1) is 11.3 Å². The lowest BCUT2D eigenvalue weighted by atomic mass is 10.2. The first-order valence-electron chi connectivity index (χ1n) is 8.11. The van der Waals surface area contributed by atoms with E-state index in [4.69, 9.17) is 11.0 Å². The number of amides is 1. The van der Waals surface area contributed by atoms with E-state index in [2.05, 4.69) is 15.3 Å². The summed E-state index contributed by atoms with van der Waals surface area (Å²) >= 11 is 2.44. The molecule has 2 heterocycles. The van der Waals surface area contributed by atoms with E-state index in [1.807, 2.05) is 47.9 Å². The maximum absolute atomic E-state index is 12.5. The smallest absolute Gasteiger partial charge is 0.239 e. The molecule has 1 aromatic carbocycles. The lowest BCUT2D eigenvalue weighted by Crippen LogP contribution is -2.22. The summed E-state index contributed by atoms with van der Waals surface area (Å²) < 4.78 is 0. The third-order valence-electron chi connectivity index (χ3n) is 3.72. The van der Waals surface area contributed by atoms with E-state index in [0.29, 0.717) is 10.2 Å². The van der Waals surface area contributed by atoms with Crippen LogP contribution in [0, 0.1) is 22.7 Å². The zero-order valence-electron chi connectivity index (χ0n) is 14.7. The van der Waals surface area contributed by atoms with Gasteiger partial charge in [0.25, 0.3) is 0 Å². The number of thiazole rings is 1. The number of carbonyl (C=O) groups is 1. The van der Waals surface area contributed by atoms with E-state index in [9.17, 15) is 10.1 Å². The van der Waals surface area contributed by atoms with Crippen LogP contribution in [0.1, 0.15) is 18.1 Å². The number of anilines is 2. The van der Waals surface area contributed by atoms with Gasteiger partial charge in [0.1, 0.15) is 23.0 Å². The average Bonchev–Trinajstić information content (AvgIpc) is 3.17. The van der Waals surface area contributed by atoms with Gasteiger partial charge in [0, 0.05) is 10.9 Å². The summed E-state index contributed by atoms with van der Waals surface area (Å²) in [6, 6.07) is 14.9. The number of nitrogen functional groups attached to an aromatic ring is 1. The second-order valence-corrected chi connectivity index (χ2v) is 7.84. The Labute approximate surface area is 169 Å². The zero-order valence-corrected chi connectivity index (χ0v) is 16.3. The summed E-state index contributed by atoms with van der Waals surface area (Å²) in [6.07, 6.45) is 0. The fourth-order valence-corrected chi connectivity index (χ4v) is 3.88. The van der Waals surface area contributed by atoms with Crippen molar-refractivity contribution in [2.24, 2.45) is 0 Å². The van der Waals surface area contributed by atoms with Crippen LogP contribution in [-0.2, 0) is 4.79 Å². The molecule has 1 atom stereocenters. The maximum Gasteiger partial charge on any atom is 0.239 e. The molecule has 7 nitrogen and oxygen atoms in total. The highest BCUT2D eigenvalue weighted by atomic mass is 32.2. The van der Waals surface area contributed by atoms with Crippen molar-refractivity contribution in [1.82, 2.24) is 9.97 Å². The molecule has 0 saturated heterocycles. The van der Waals surface area contributed by atoms with Crippen molar-refractivity contribution in [1.29, 1.82) is 10.5 Å². The van der Waals surface area contributed by atoms with Crippen LogP contribution in [-0.4, -0.2) is 21.1 Å². The van der Waals surface area contributed by atoms with Crippen molar-refractivity contribution in [3.05, 3.63) is 52.9 Å². The predicted molar refractivity (Wildman–Crippen MR) is 110 cm³/mol. The molecule has 0 unspecified atom stereocenters. The highest BCUT2D eigenvalue weighted by molar-refractivity contribution is 8.00. The van der Waals surface area contributed by atoms with Gasteiger partial charge in [-0.05, 0) is 13.0 Å². The average molecular weight is 406 g/mol. The molecule has 1 amide bonds. The molecule has 0 aliphatic heterocycles. The monoisotopic (exact) mass is 406 g/mol. The van der Waals surface area contributed by atoms with Gasteiger partial charge in [0.2, 0.25) is 5.91 Å². The molecule has 0 bridgehead atoms. The maximum atomic E-state index is 12.5. The Morgan fingerprint density at radius 1 is 1.21 bits per heavy atom. The SMILES string of the molecule is C[C@@H](Sc1nc(N)c(C#N)cc1C#N)C(=O)Nc1nc(-c2ccccc2)cs1. The number of hydrogen-bond donors (Lipinski definition) is 2. The first kappa shape index (κ1) is 19.4. The second kappa shape index (κ2) is 8.53. The molecule has 138 valence electrons. The van der Waals surface area contributed by atoms with Gasteiger partial charge in [-0.2, -0.15) is 10.5 Å². The van der Waals surface area contributed by atoms with Gasteiger partial charge in [-0.1, -0.05) is 42.1 Å². The largest absolute Gasteiger partial charge is 0.383 e. The molecule has 9 heteroatoms. The number of rotatable bonds is 5. The van der Waals surface area contributed by atoms with Gasteiger partial charge < -0.3 is 11.1 Å². The van der Waals surface area contributed by atoms with Crippen molar-refractivity contribution in [2.75, 3.05) is 11.1 Å². The lowest BCUT2D eigenvalue weighted by molar-refractivity contribution is -0.115. The van der Waals surface area contributed by atoms with Crippen LogP contribution >= 0.6 is 23.1 Å². The minimum Gasteiger partial charge on any atom is -0.383 e. The molecule has 28 heavy (non-hydrogen) atoms. The van der Waals surface area contributed by atoms with Crippen LogP contribution in [0.3, 0.4) is 0 Å². The lowest BCUT2D eigenvalue weighted by Gasteiger charge is -2.11. The predicted octanol–water partition coefficient (Wildman–Crippen LogP) is 3.65. The van der Waals surface area contributed by atoms with E-state index < -0.39 is 5.25 Å². The number of nitriles is 2. The van der Waals surface area contributed by atoms with Crippen molar-refractivity contribution in [3.63, 3.8) is 0 Å². The van der Waals surface area contributed by atoms with Crippen molar-refractivity contribution in [2.45, 2.75) is 17.2 Å². The van der Waals surface area contributed by atoms with Crippen LogP contribution in [0.5, 0.6) is 0 Å². The summed E-state index contributed by atoms with van der Waals surface area (Å²) in [5.41, 5.74) is 7.82. The van der Waals surface area contributed by atoms with Gasteiger partial charge in [0.15, 0.2) is 5.13 Å². The molecule has 3 N–H and O–H groups in total. The molecule has 2 aromatic heterocycles. The Kier molecular flexibility index (Phi) is 5.90. The number of carbonyl (C=O) groups excluding carboxylic acids is 1. The number of nitrogens with zero attached hydrogens (tertiary/aromatic N) is 4. The summed E-state index contributed by atoms with van der Waals surface area (Å²) in [5, 5.41) is 23.2. The minimum atomic E-state index is -0.545. The van der Waals surface area contributed by atoms with Crippen LogP contribution in [0.25, 0.3) is 11.3 Å². The quantitative estimate of drug-likeness (QED) is 0.619.